The number of hydrogen-bond donors (Lipinski definition) is 0. The molecule has 4 rings (SSSR count). The van der Waals surface area contributed by atoms with Crippen LogP contribution in [0.5, 0.6) is 5.75 Å². The number of hydrogen-bond acceptors (Lipinski definition) is 5. The molecule has 1 unspecified atom stereocenters. The first-order chi connectivity index (χ1) is 13.0. The molecule has 2 aromatic carbocycles. The number of carbonyl (C=O) groups excluding carboxylic acids is 1. The fourth-order valence-corrected chi connectivity index (χ4v) is 3.74. The molecule has 1 atom stereocenters. The lowest BCUT2D eigenvalue weighted by Crippen LogP contribution is -2.24. The molecule has 0 saturated carbocycles. The van der Waals surface area contributed by atoms with Gasteiger partial charge in [-0.2, -0.15) is 4.98 Å². The number of aromatic nitrogens is 2. The van der Waals surface area contributed by atoms with E-state index < -0.39 is 0 Å². The predicted molar refractivity (Wildman–Crippen MR) is 105 cm³/mol. The first-order valence-electron chi connectivity index (χ1n) is 8.28. The highest BCUT2D eigenvalue weighted by Gasteiger charge is 2.35. The minimum Gasteiger partial charge on any atom is -0.495 e. The van der Waals surface area contributed by atoms with Gasteiger partial charge in [0.1, 0.15) is 5.75 Å². The summed E-state index contributed by atoms with van der Waals surface area (Å²) in [5, 5.41) is 4.52. The second kappa shape index (κ2) is 7.32. The Morgan fingerprint density at radius 3 is 2.89 bits per heavy atom. The zero-order valence-corrected chi connectivity index (χ0v) is 16.7. The highest BCUT2D eigenvalue weighted by molar-refractivity contribution is 9.10. The SMILES string of the molecule is COc1ccc(N2CC(c3nc(-c4cccc(Br)c4)no3)CC2=O)cc1Cl. The Kier molecular flexibility index (Phi) is 4.88. The van der Waals surface area contributed by atoms with Gasteiger partial charge in [0.2, 0.25) is 17.6 Å². The number of methoxy groups -OCH3 is 1. The number of ether oxygens (including phenoxy) is 1. The van der Waals surface area contributed by atoms with Crippen molar-refractivity contribution >= 4 is 39.1 Å². The third-order valence-electron chi connectivity index (χ3n) is 4.45. The molecule has 1 aromatic heterocycles. The third kappa shape index (κ3) is 3.57. The van der Waals surface area contributed by atoms with Gasteiger partial charge in [-0.25, -0.2) is 0 Å². The van der Waals surface area contributed by atoms with Crippen molar-refractivity contribution in [3.05, 3.63) is 57.9 Å². The second-order valence-electron chi connectivity index (χ2n) is 6.19. The van der Waals surface area contributed by atoms with Crippen molar-refractivity contribution in [2.45, 2.75) is 12.3 Å². The van der Waals surface area contributed by atoms with E-state index >= 15 is 0 Å². The normalized spacial score (nSPS) is 16.8. The van der Waals surface area contributed by atoms with Crippen molar-refractivity contribution in [1.82, 2.24) is 10.1 Å². The Hall–Kier alpha value is -2.38. The van der Waals surface area contributed by atoms with E-state index in [0.29, 0.717) is 35.5 Å². The van der Waals surface area contributed by atoms with Gasteiger partial charge in [0.25, 0.3) is 0 Å². The van der Waals surface area contributed by atoms with Crippen LogP contribution in [-0.2, 0) is 4.79 Å². The van der Waals surface area contributed by atoms with Crippen LogP contribution in [0.1, 0.15) is 18.2 Å². The van der Waals surface area contributed by atoms with E-state index in [1.807, 2.05) is 30.3 Å². The summed E-state index contributed by atoms with van der Waals surface area (Å²) in [4.78, 5) is 18.7. The fraction of sp³-hybridized carbons (Fsp3) is 0.211. The molecule has 1 saturated heterocycles. The molecular weight excluding hydrogens is 434 g/mol. The van der Waals surface area contributed by atoms with Gasteiger partial charge in [0.05, 0.1) is 18.1 Å². The van der Waals surface area contributed by atoms with Crippen molar-refractivity contribution < 1.29 is 14.1 Å². The number of carbonyl (C=O) groups is 1. The quantitative estimate of drug-likeness (QED) is 0.579. The summed E-state index contributed by atoms with van der Waals surface area (Å²) >= 11 is 9.62. The Bertz CT molecular complexity index is 1010. The smallest absolute Gasteiger partial charge is 0.232 e. The average molecular weight is 449 g/mol. The van der Waals surface area contributed by atoms with E-state index in [2.05, 4.69) is 26.1 Å². The maximum absolute atomic E-state index is 12.5. The highest BCUT2D eigenvalue weighted by atomic mass is 79.9. The molecule has 3 aromatic rings. The molecule has 6 nitrogen and oxygen atoms in total. The summed E-state index contributed by atoms with van der Waals surface area (Å²) < 4.78 is 11.5. The van der Waals surface area contributed by atoms with Crippen LogP contribution in [0.15, 0.2) is 51.5 Å². The summed E-state index contributed by atoms with van der Waals surface area (Å²) in [6, 6.07) is 12.9. The lowest BCUT2D eigenvalue weighted by atomic mass is 10.1. The maximum Gasteiger partial charge on any atom is 0.232 e. The number of benzene rings is 2. The van der Waals surface area contributed by atoms with Crippen LogP contribution in [0, 0.1) is 0 Å². The van der Waals surface area contributed by atoms with E-state index in [-0.39, 0.29) is 11.8 Å². The maximum atomic E-state index is 12.5. The van der Waals surface area contributed by atoms with Crippen LogP contribution >= 0.6 is 27.5 Å². The van der Waals surface area contributed by atoms with E-state index in [9.17, 15) is 4.79 Å². The third-order valence-corrected chi connectivity index (χ3v) is 5.23. The van der Waals surface area contributed by atoms with Crippen LogP contribution in [0.2, 0.25) is 5.02 Å². The van der Waals surface area contributed by atoms with Gasteiger partial charge in [-0.05, 0) is 30.3 Å². The van der Waals surface area contributed by atoms with E-state index in [4.69, 9.17) is 20.9 Å². The first kappa shape index (κ1) is 18.0. The molecule has 0 spiro atoms. The molecule has 1 amide bonds. The zero-order chi connectivity index (χ0) is 19.0. The highest BCUT2D eigenvalue weighted by Crippen LogP contribution is 2.35. The average Bonchev–Trinajstić information content (AvgIpc) is 3.28. The number of rotatable bonds is 4. The monoisotopic (exact) mass is 447 g/mol. The molecule has 27 heavy (non-hydrogen) atoms. The molecule has 1 fully saturated rings. The minimum absolute atomic E-state index is 0.0107. The van der Waals surface area contributed by atoms with Crippen molar-refractivity contribution in [3.8, 4) is 17.1 Å². The minimum atomic E-state index is -0.160. The molecule has 8 heteroatoms. The number of nitrogens with zero attached hydrogens (tertiary/aromatic N) is 3. The van der Waals surface area contributed by atoms with Gasteiger partial charge in [-0.15, -0.1) is 0 Å². The molecule has 2 heterocycles. The standard InChI is InChI=1S/C19H15BrClN3O3/c1-26-16-6-5-14(9-15(16)21)24-10-12(8-17(24)25)19-22-18(23-27-19)11-3-2-4-13(20)7-11/h2-7,9,12H,8,10H2,1H3. The van der Waals surface area contributed by atoms with Crippen molar-refractivity contribution in [1.29, 1.82) is 0 Å². The lowest BCUT2D eigenvalue weighted by molar-refractivity contribution is -0.117. The molecule has 0 aliphatic carbocycles. The van der Waals surface area contributed by atoms with Crippen LogP contribution < -0.4 is 9.64 Å². The van der Waals surface area contributed by atoms with Gasteiger partial charge < -0.3 is 14.2 Å². The Labute approximate surface area is 169 Å². The lowest BCUT2D eigenvalue weighted by Gasteiger charge is -2.17. The van der Waals surface area contributed by atoms with Crippen LogP contribution in [0.3, 0.4) is 0 Å². The molecule has 1 aliphatic rings. The van der Waals surface area contributed by atoms with Crippen LogP contribution in [-0.4, -0.2) is 29.7 Å². The van der Waals surface area contributed by atoms with E-state index in [1.54, 1.807) is 24.1 Å². The largest absolute Gasteiger partial charge is 0.495 e. The molecule has 138 valence electrons. The Morgan fingerprint density at radius 2 is 2.15 bits per heavy atom. The van der Waals surface area contributed by atoms with Gasteiger partial charge in [0, 0.05) is 28.7 Å². The molecule has 0 N–H and O–H groups in total. The van der Waals surface area contributed by atoms with E-state index in [0.717, 1.165) is 15.7 Å². The number of anilines is 1. The van der Waals surface area contributed by atoms with Gasteiger partial charge in [-0.1, -0.05) is 44.8 Å². The van der Waals surface area contributed by atoms with Crippen molar-refractivity contribution in [2.75, 3.05) is 18.6 Å². The summed E-state index contributed by atoms with van der Waals surface area (Å²) in [5.74, 6) is 1.36. The van der Waals surface area contributed by atoms with Crippen molar-refractivity contribution in [2.24, 2.45) is 0 Å². The second-order valence-corrected chi connectivity index (χ2v) is 7.51. The summed E-state index contributed by atoms with van der Waals surface area (Å²) in [6.45, 7) is 0.460. The topological polar surface area (TPSA) is 68.5 Å². The zero-order valence-electron chi connectivity index (χ0n) is 14.4. The van der Waals surface area contributed by atoms with Crippen molar-refractivity contribution in [3.63, 3.8) is 0 Å². The summed E-state index contributed by atoms with van der Waals surface area (Å²) in [5.41, 5.74) is 1.57. The van der Waals surface area contributed by atoms with Gasteiger partial charge in [0.15, 0.2) is 0 Å². The summed E-state index contributed by atoms with van der Waals surface area (Å²) in [7, 11) is 1.55. The predicted octanol–water partition coefficient (Wildman–Crippen LogP) is 4.68. The van der Waals surface area contributed by atoms with Gasteiger partial charge in [-0.3, -0.25) is 4.79 Å². The Morgan fingerprint density at radius 1 is 1.30 bits per heavy atom. The molecular formula is C19H15BrClN3O3. The Balaban J connectivity index is 1.55. The van der Waals surface area contributed by atoms with Crippen LogP contribution in [0.25, 0.3) is 11.4 Å². The van der Waals surface area contributed by atoms with Crippen LogP contribution in [0.4, 0.5) is 5.69 Å². The molecule has 1 aliphatic heterocycles. The molecule has 0 radical (unpaired) electrons. The summed E-state index contributed by atoms with van der Waals surface area (Å²) in [6.07, 6.45) is 0.309. The van der Waals surface area contributed by atoms with Gasteiger partial charge >= 0.3 is 0 Å². The number of amides is 1. The first-order valence-corrected chi connectivity index (χ1v) is 9.45. The fourth-order valence-electron chi connectivity index (χ4n) is 3.09. The number of halogens is 2. The molecule has 0 bridgehead atoms. The van der Waals surface area contributed by atoms with E-state index in [1.165, 1.54) is 0 Å².